The molecule has 0 aromatic heterocycles. The summed E-state index contributed by atoms with van der Waals surface area (Å²) >= 11 is 0. The van der Waals surface area contributed by atoms with Gasteiger partial charge in [-0.2, -0.15) is 0 Å². The molecule has 1 aliphatic rings. The molecule has 1 saturated carbocycles. The summed E-state index contributed by atoms with van der Waals surface area (Å²) in [6, 6.07) is 6.45. The summed E-state index contributed by atoms with van der Waals surface area (Å²) in [7, 11) is -3.09. The number of rotatable bonds is 2. The second kappa shape index (κ2) is 9.76. The molecule has 0 amide bonds. The molecule has 0 heterocycles. The molecule has 3 N–H and O–H groups in total. The van der Waals surface area contributed by atoms with Crippen molar-refractivity contribution >= 4 is 10.0 Å². The van der Waals surface area contributed by atoms with Crippen LogP contribution < -0.4 is 10.5 Å². The quantitative estimate of drug-likeness (QED) is 0.732. The van der Waals surface area contributed by atoms with E-state index in [-0.39, 0.29) is 31.6 Å². The number of aryl methyl sites for hydroxylation is 3. The van der Waals surface area contributed by atoms with E-state index in [0.29, 0.717) is 0 Å². The maximum atomic E-state index is 10.9. The molecule has 0 aliphatic heterocycles. The number of sulfonamides is 1. The fraction of sp³-hybridized carbons (Fsp3) is 0.625. The molecule has 0 saturated heterocycles. The van der Waals surface area contributed by atoms with Crippen LogP contribution in [0.5, 0.6) is 0 Å². The van der Waals surface area contributed by atoms with E-state index in [0.717, 1.165) is 25.7 Å². The topological polar surface area (TPSA) is 72.2 Å². The van der Waals surface area contributed by atoms with E-state index in [1.165, 1.54) is 22.9 Å². The predicted molar refractivity (Wildman–Crippen MR) is 88.9 cm³/mol. The zero-order chi connectivity index (χ0) is 16.0. The fourth-order valence-corrected chi connectivity index (χ4v) is 3.31. The standard InChI is InChI=1S/C9H12.C7H16N2O2S.Ru/c1-7-4-5-8(2)9(3)6-7;1-12(10,11)9-7-5-3-2-4-6(7)8;/h4-6H,1-3H3;6-7,9H,2-5,8H2,1H3;/t;6-,7-;/m.0./s1. The first kappa shape index (κ1) is 21.7. The van der Waals surface area contributed by atoms with Crippen molar-refractivity contribution in [1.82, 2.24) is 4.72 Å². The van der Waals surface area contributed by atoms with Gasteiger partial charge < -0.3 is 5.73 Å². The minimum absolute atomic E-state index is 0. The zero-order valence-electron chi connectivity index (χ0n) is 13.9. The van der Waals surface area contributed by atoms with Crippen molar-refractivity contribution in [3.63, 3.8) is 0 Å². The van der Waals surface area contributed by atoms with E-state index in [4.69, 9.17) is 5.73 Å². The van der Waals surface area contributed by atoms with E-state index in [1.807, 2.05) is 0 Å². The van der Waals surface area contributed by atoms with Gasteiger partial charge in [-0.1, -0.05) is 36.6 Å². The molecule has 0 bridgehead atoms. The molecule has 6 heteroatoms. The average Bonchev–Trinajstić information content (AvgIpc) is 2.36. The van der Waals surface area contributed by atoms with Crippen LogP contribution in [0.1, 0.15) is 42.4 Å². The van der Waals surface area contributed by atoms with Crippen LogP contribution in [0.2, 0.25) is 0 Å². The minimum Gasteiger partial charge on any atom is -0.326 e. The first-order valence-corrected chi connectivity index (χ1v) is 9.35. The minimum atomic E-state index is -3.09. The van der Waals surface area contributed by atoms with E-state index in [9.17, 15) is 8.42 Å². The van der Waals surface area contributed by atoms with Crippen molar-refractivity contribution in [2.24, 2.45) is 5.73 Å². The smallest absolute Gasteiger partial charge is 0.209 e. The van der Waals surface area contributed by atoms with E-state index >= 15 is 0 Å². The van der Waals surface area contributed by atoms with Crippen LogP contribution >= 0.6 is 0 Å². The molecule has 128 valence electrons. The van der Waals surface area contributed by atoms with Gasteiger partial charge in [0.25, 0.3) is 0 Å². The number of nitrogens with one attached hydrogen (secondary N) is 1. The van der Waals surface area contributed by atoms with Crippen LogP contribution in [0.15, 0.2) is 18.2 Å². The summed E-state index contributed by atoms with van der Waals surface area (Å²) in [6.07, 6.45) is 5.15. The third-order valence-electron chi connectivity index (χ3n) is 3.85. The molecule has 0 radical (unpaired) electrons. The Labute approximate surface area is 148 Å². The summed E-state index contributed by atoms with van der Waals surface area (Å²) < 4.78 is 24.3. The Morgan fingerprint density at radius 1 is 1.09 bits per heavy atom. The number of benzene rings is 1. The Morgan fingerprint density at radius 3 is 2.14 bits per heavy atom. The predicted octanol–water partition coefficient (Wildman–Crippen LogP) is 2.41. The SMILES string of the molecule is CS(=O)(=O)N[C@H]1CCCC[C@@H]1N.Cc1ccc(C)c(C)c1.[Ru]. The molecule has 0 unspecified atom stereocenters. The summed E-state index contributed by atoms with van der Waals surface area (Å²) in [6.45, 7) is 6.39. The molecule has 1 fully saturated rings. The van der Waals surface area contributed by atoms with Crippen LogP contribution in [0.3, 0.4) is 0 Å². The molecule has 22 heavy (non-hydrogen) atoms. The molecule has 1 aliphatic carbocycles. The normalized spacial score (nSPS) is 21.3. The molecule has 1 aromatic rings. The van der Waals surface area contributed by atoms with Gasteiger partial charge in [0.05, 0.1) is 6.26 Å². The Bertz CT molecular complexity index is 561. The Morgan fingerprint density at radius 2 is 1.68 bits per heavy atom. The van der Waals surface area contributed by atoms with Crippen LogP contribution in [-0.4, -0.2) is 26.8 Å². The molecular formula is C16H28N2O2RuS. The second-order valence-electron chi connectivity index (χ2n) is 6.03. The number of hydrogen-bond donors (Lipinski definition) is 2. The maximum absolute atomic E-state index is 10.9. The maximum Gasteiger partial charge on any atom is 0.209 e. The van der Waals surface area contributed by atoms with Gasteiger partial charge in [-0.25, -0.2) is 13.1 Å². The van der Waals surface area contributed by atoms with Crippen LogP contribution in [0.25, 0.3) is 0 Å². The van der Waals surface area contributed by atoms with Gasteiger partial charge in [0.2, 0.25) is 10.0 Å². The number of hydrogen-bond acceptors (Lipinski definition) is 3. The van der Waals surface area contributed by atoms with Gasteiger partial charge >= 0.3 is 0 Å². The van der Waals surface area contributed by atoms with Crippen molar-refractivity contribution in [2.45, 2.75) is 58.5 Å². The fourth-order valence-electron chi connectivity index (χ4n) is 2.47. The Balaban J connectivity index is 0.000000397. The van der Waals surface area contributed by atoms with Crippen LogP contribution in [-0.2, 0) is 29.5 Å². The Kier molecular flexibility index (Phi) is 9.64. The van der Waals surface area contributed by atoms with E-state index in [1.54, 1.807) is 0 Å². The van der Waals surface area contributed by atoms with Crippen molar-refractivity contribution in [3.05, 3.63) is 34.9 Å². The van der Waals surface area contributed by atoms with Gasteiger partial charge in [-0.3, -0.25) is 0 Å². The number of nitrogens with two attached hydrogens (primary N) is 1. The largest absolute Gasteiger partial charge is 0.326 e. The summed E-state index contributed by atoms with van der Waals surface area (Å²) in [4.78, 5) is 0. The van der Waals surface area contributed by atoms with E-state index < -0.39 is 10.0 Å². The Hall–Kier alpha value is -0.287. The van der Waals surface area contributed by atoms with Crippen LogP contribution in [0.4, 0.5) is 0 Å². The molecular weight excluding hydrogens is 385 g/mol. The van der Waals surface area contributed by atoms with Crippen molar-refractivity contribution in [3.8, 4) is 0 Å². The van der Waals surface area contributed by atoms with Crippen molar-refractivity contribution in [2.75, 3.05) is 6.26 Å². The molecule has 0 spiro atoms. The van der Waals surface area contributed by atoms with Crippen molar-refractivity contribution in [1.29, 1.82) is 0 Å². The molecule has 4 nitrogen and oxygen atoms in total. The van der Waals surface area contributed by atoms with Gasteiger partial charge in [-0.05, 0) is 44.7 Å². The van der Waals surface area contributed by atoms with Gasteiger partial charge in [-0.15, -0.1) is 0 Å². The van der Waals surface area contributed by atoms with Crippen molar-refractivity contribution < 1.29 is 27.9 Å². The van der Waals surface area contributed by atoms with Gasteiger partial charge in [0.15, 0.2) is 0 Å². The van der Waals surface area contributed by atoms with Crippen LogP contribution in [0, 0.1) is 20.8 Å². The van der Waals surface area contributed by atoms with Gasteiger partial charge in [0.1, 0.15) is 0 Å². The molecule has 2 atom stereocenters. The average molecular weight is 414 g/mol. The monoisotopic (exact) mass is 414 g/mol. The third-order valence-corrected chi connectivity index (χ3v) is 4.58. The molecule has 2 rings (SSSR count). The second-order valence-corrected chi connectivity index (χ2v) is 7.81. The first-order valence-electron chi connectivity index (χ1n) is 7.46. The summed E-state index contributed by atoms with van der Waals surface area (Å²) in [5.74, 6) is 0. The molecule has 1 aromatic carbocycles. The third kappa shape index (κ3) is 8.37. The van der Waals surface area contributed by atoms with E-state index in [2.05, 4.69) is 43.7 Å². The van der Waals surface area contributed by atoms with Gasteiger partial charge in [0, 0.05) is 31.6 Å². The zero-order valence-corrected chi connectivity index (χ0v) is 16.4. The summed E-state index contributed by atoms with van der Waals surface area (Å²) in [5, 5.41) is 0. The first-order chi connectivity index (χ1) is 9.69. The summed E-state index contributed by atoms with van der Waals surface area (Å²) in [5.41, 5.74) is 9.86.